The van der Waals surface area contributed by atoms with E-state index in [0.717, 1.165) is 12.8 Å². The summed E-state index contributed by atoms with van der Waals surface area (Å²) in [6.07, 6.45) is 5.90. The highest BCUT2D eigenvalue weighted by molar-refractivity contribution is 5.96. The number of carbonyl (C=O) groups is 1. The number of nitrogens with zero attached hydrogens (tertiary/aromatic N) is 1. The van der Waals surface area contributed by atoms with E-state index in [1.54, 1.807) is 29.2 Å². The molecule has 0 saturated carbocycles. The van der Waals surface area contributed by atoms with Crippen LogP contribution in [0.25, 0.3) is 27.4 Å². The molecule has 30 heavy (non-hydrogen) atoms. The van der Waals surface area contributed by atoms with Crippen molar-refractivity contribution in [1.29, 1.82) is 0 Å². The van der Waals surface area contributed by atoms with Crippen molar-refractivity contribution in [3.63, 3.8) is 0 Å². The highest BCUT2D eigenvalue weighted by Gasteiger charge is 2.23. The number of benzene rings is 2. The lowest BCUT2D eigenvalue weighted by molar-refractivity contribution is 0.0741. The Labute approximate surface area is 173 Å². The van der Waals surface area contributed by atoms with E-state index in [1.807, 2.05) is 0 Å². The van der Waals surface area contributed by atoms with Crippen LogP contribution >= 0.6 is 0 Å². The molecule has 0 aliphatic carbocycles. The number of para-hydroxylation sites is 2. The summed E-state index contributed by atoms with van der Waals surface area (Å²) in [6, 6.07) is 14.7. The van der Waals surface area contributed by atoms with Crippen LogP contribution in [0.4, 0.5) is 0 Å². The highest BCUT2D eigenvalue weighted by atomic mass is 16.3. The van der Waals surface area contributed by atoms with E-state index in [2.05, 4.69) is 42.4 Å². The smallest absolute Gasteiger partial charge is 0.290 e. The largest absolute Gasteiger partial charge is 0.451 e. The number of aromatic amines is 1. The maximum atomic E-state index is 12.9. The van der Waals surface area contributed by atoms with Gasteiger partial charge in [0.2, 0.25) is 0 Å². The fourth-order valence-electron chi connectivity index (χ4n) is 4.24. The van der Waals surface area contributed by atoms with Gasteiger partial charge in [0.15, 0.2) is 11.2 Å². The molecule has 150 valence electrons. The van der Waals surface area contributed by atoms with Crippen LogP contribution in [0.5, 0.6) is 0 Å². The summed E-state index contributed by atoms with van der Waals surface area (Å²) >= 11 is 0. The number of carbonyl (C=O) groups excluding carboxylic acids is 1. The van der Waals surface area contributed by atoms with E-state index in [-0.39, 0.29) is 17.1 Å². The molecule has 0 spiro atoms. The summed E-state index contributed by atoms with van der Waals surface area (Å²) in [5.74, 6) is -0.157. The summed E-state index contributed by atoms with van der Waals surface area (Å²) in [6.45, 7) is 3.23. The Morgan fingerprint density at radius 1 is 1.13 bits per heavy atom. The van der Waals surface area contributed by atoms with Gasteiger partial charge in [0.25, 0.3) is 5.91 Å². The fourth-order valence-corrected chi connectivity index (χ4v) is 4.24. The molecule has 0 atom stereocenters. The van der Waals surface area contributed by atoms with Crippen LogP contribution in [0.15, 0.2) is 70.0 Å². The second-order valence-corrected chi connectivity index (χ2v) is 7.60. The van der Waals surface area contributed by atoms with Gasteiger partial charge in [0, 0.05) is 41.8 Å². The van der Waals surface area contributed by atoms with E-state index in [0.29, 0.717) is 24.1 Å². The van der Waals surface area contributed by atoms with Gasteiger partial charge < -0.3 is 14.3 Å². The summed E-state index contributed by atoms with van der Waals surface area (Å²) in [7, 11) is 0. The van der Waals surface area contributed by atoms with E-state index in [9.17, 15) is 9.59 Å². The zero-order valence-electron chi connectivity index (χ0n) is 16.8. The highest BCUT2D eigenvalue weighted by Crippen LogP contribution is 2.31. The molecule has 2 aromatic heterocycles. The quantitative estimate of drug-likeness (QED) is 0.541. The first-order valence-electron chi connectivity index (χ1n) is 10.3. The number of aryl methyl sites for hydroxylation is 1. The molecule has 0 fully saturated rings. The van der Waals surface area contributed by atoms with Crippen molar-refractivity contribution in [1.82, 2.24) is 9.88 Å². The number of rotatable bonds is 3. The van der Waals surface area contributed by atoms with Crippen molar-refractivity contribution in [2.75, 3.05) is 13.1 Å². The Hall–Kier alpha value is -3.60. The van der Waals surface area contributed by atoms with Gasteiger partial charge in [-0.3, -0.25) is 9.59 Å². The third kappa shape index (κ3) is 3.03. The van der Waals surface area contributed by atoms with Crippen LogP contribution in [0.2, 0.25) is 0 Å². The Balaban J connectivity index is 1.42. The number of nitrogens with one attached hydrogen (secondary N) is 1. The molecule has 1 N–H and O–H groups in total. The van der Waals surface area contributed by atoms with E-state index < -0.39 is 0 Å². The van der Waals surface area contributed by atoms with Gasteiger partial charge in [-0.2, -0.15) is 0 Å². The molecule has 1 aliphatic heterocycles. The number of hydrogen-bond acceptors (Lipinski definition) is 3. The Kier molecular flexibility index (Phi) is 4.51. The molecule has 1 amide bonds. The van der Waals surface area contributed by atoms with Crippen LogP contribution < -0.4 is 5.43 Å². The third-order valence-electron chi connectivity index (χ3n) is 5.87. The van der Waals surface area contributed by atoms with Crippen LogP contribution in [-0.2, 0) is 6.42 Å². The molecule has 5 rings (SSSR count). The maximum Gasteiger partial charge on any atom is 0.290 e. The van der Waals surface area contributed by atoms with Gasteiger partial charge in [-0.1, -0.05) is 43.3 Å². The minimum absolute atomic E-state index is 0.0928. The Morgan fingerprint density at radius 3 is 2.77 bits per heavy atom. The lowest BCUT2D eigenvalue weighted by Gasteiger charge is -2.26. The molecule has 2 aromatic carbocycles. The van der Waals surface area contributed by atoms with Crippen molar-refractivity contribution in [3.8, 4) is 0 Å². The first kappa shape index (κ1) is 18.4. The van der Waals surface area contributed by atoms with Crippen LogP contribution in [-0.4, -0.2) is 28.9 Å². The van der Waals surface area contributed by atoms with Crippen molar-refractivity contribution >= 4 is 33.4 Å². The molecule has 1 aliphatic rings. The summed E-state index contributed by atoms with van der Waals surface area (Å²) in [5, 5.41) is 1.71. The zero-order valence-corrected chi connectivity index (χ0v) is 16.8. The van der Waals surface area contributed by atoms with Crippen LogP contribution in [0.1, 0.15) is 35.0 Å². The number of hydrogen-bond donors (Lipinski definition) is 1. The predicted molar refractivity (Wildman–Crippen MR) is 119 cm³/mol. The second-order valence-electron chi connectivity index (χ2n) is 7.60. The van der Waals surface area contributed by atoms with Crippen molar-refractivity contribution < 1.29 is 9.21 Å². The topological polar surface area (TPSA) is 66.3 Å². The van der Waals surface area contributed by atoms with Crippen molar-refractivity contribution in [3.05, 3.63) is 87.9 Å². The Bertz CT molecular complexity index is 1360. The Morgan fingerprint density at radius 2 is 1.97 bits per heavy atom. The molecule has 5 heteroatoms. The lowest BCUT2D eigenvalue weighted by Crippen LogP contribution is -2.35. The molecule has 0 saturated heterocycles. The summed E-state index contributed by atoms with van der Waals surface area (Å²) < 4.78 is 5.72. The normalized spacial score (nSPS) is 14.3. The van der Waals surface area contributed by atoms with E-state index >= 15 is 0 Å². The minimum Gasteiger partial charge on any atom is -0.451 e. The fraction of sp³-hybridized carbons (Fsp3) is 0.200. The van der Waals surface area contributed by atoms with Crippen molar-refractivity contribution in [2.45, 2.75) is 19.8 Å². The summed E-state index contributed by atoms with van der Waals surface area (Å²) in [5.41, 5.74) is 5.17. The average Bonchev–Trinajstić information content (AvgIpc) is 3.23. The predicted octanol–water partition coefficient (Wildman–Crippen LogP) is 4.77. The molecular formula is C25H22N2O3. The minimum atomic E-state index is -0.250. The molecule has 0 bridgehead atoms. The standard InChI is InChI=1S/C25H22N2O3/c1-2-16-6-5-8-18-20(15-26-24(16)18)17-10-12-27(13-11-17)25(29)23-14-21(28)19-7-3-4-9-22(19)30-23/h3-10,14-15,26H,2,11-13H2,1H3. The molecule has 3 heterocycles. The first-order chi connectivity index (χ1) is 14.7. The van der Waals surface area contributed by atoms with Gasteiger partial charge in [0.05, 0.1) is 5.39 Å². The number of fused-ring (bicyclic) bond motifs is 2. The van der Waals surface area contributed by atoms with Gasteiger partial charge in [-0.15, -0.1) is 0 Å². The molecule has 5 nitrogen and oxygen atoms in total. The van der Waals surface area contributed by atoms with E-state index in [1.165, 1.54) is 33.7 Å². The lowest BCUT2D eigenvalue weighted by atomic mass is 9.97. The number of amides is 1. The third-order valence-corrected chi connectivity index (χ3v) is 5.87. The van der Waals surface area contributed by atoms with Gasteiger partial charge >= 0.3 is 0 Å². The average molecular weight is 398 g/mol. The number of aromatic nitrogens is 1. The summed E-state index contributed by atoms with van der Waals surface area (Å²) in [4.78, 5) is 30.4. The van der Waals surface area contributed by atoms with Crippen LogP contribution in [0, 0.1) is 0 Å². The molecule has 0 radical (unpaired) electrons. The number of H-pyrrole nitrogens is 1. The molecule has 0 unspecified atom stereocenters. The van der Waals surface area contributed by atoms with Crippen molar-refractivity contribution in [2.24, 2.45) is 0 Å². The van der Waals surface area contributed by atoms with Gasteiger partial charge in [-0.05, 0) is 36.1 Å². The monoisotopic (exact) mass is 398 g/mol. The second kappa shape index (κ2) is 7.34. The van der Waals surface area contributed by atoms with E-state index in [4.69, 9.17) is 4.42 Å². The SMILES string of the molecule is CCc1cccc2c(C3=CCN(C(=O)c4cc(=O)c5ccccc5o4)CC3)c[nH]c12. The van der Waals surface area contributed by atoms with Crippen LogP contribution in [0.3, 0.4) is 0 Å². The first-order valence-corrected chi connectivity index (χ1v) is 10.3. The molecular weight excluding hydrogens is 376 g/mol. The van der Waals surface area contributed by atoms with Gasteiger partial charge in [0.1, 0.15) is 5.58 Å². The molecule has 4 aromatic rings. The zero-order chi connectivity index (χ0) is 20.7. The maximum absolute atomic E-state index is 12.9. The van der Waals surface area contributed by atoms with Gasteiger partial charge in [-0.25, -0.2) is 0 Å².